The van der Waals surface area contributed by atoms with E-state index in [4.69, 9.17) is 4.74 Å². The van der Waals surface area contributed by atoms with E-state index in [0.29, 0.717) is 13.2 Å². The van der Waals surface area contributed by atoms with Crippen LogP contribution in [0.4, 0.5) is 4.79 Å². The number of carbonyl (C=O) groups is 1. The summed E-state index contributed by atoms with van der Waals surface area (Å²) in [4.78, 5) is 27.6. The number of nitrogens with zero attached hydrogens (tertiary/aromatic N) is 4. The molecule has 0 saturated carbocycles. The van der Waals surface area contributed by atoms with Gasteiger partial charge in [-0.2, -0.15) is 0 Å². The van der Waals surface area contributed by atoms with Gasteiger partial charge in [-0.25, -0.2) is 9.78 Å². The maximum Gasteiger partial charge on any atom is 0.320 e. The lowest BCUT2D eigenvalue weighted by Crippen LogP contribution is -2.52. The Morgan fingerprint density at radius 1 is 1.09 bits per heavy atom. The van der Waals surface area contributed by atoms with Crippen molar-refractivity contribution in [2.75, 3.05) is 59.5 Å². The molecular formula is C27H34N6O2. The van der Waals surface area contributed by atoms with Crippen molar-refractivity contribution in [3.63, 3.8) is 0 Å². The number of carbonyl (C=O) groups excluding carboxylic acids is 1. The first-order valence-electron chi connectivity index (χ1n) is 12.7. The number of amides is 2. The summed E-state index contributed by atoms with van der Waals surface area (Å²) in [5, 5.41) is 4.80. The first-order chi connectivity index (χ1) is 17.1. The van der Waals surface area contributed by atoms with E-state index in [9.17, 15) is 4.79 Å². The smallest absolute Gasteiger partial charge is 0.320 e. The third kappa shape index (κ3) is 4.30. The van der Waals surface area contributed by atoms with Crippen LogP contribution >= 0.6 is 0 Å². The van der Waals surface area contributed by atoms with E-state index in [-0.39, 0.29) is 12.1 Å². The number of urea groups is 1. The van der Waals surface area contributed by atoms with Gasteiger partial charge in [-0.1, -0.05) is 6.07 Å². The molecule has 0 aliphatic carbocycles. The molecule has 1 atom stereocenters. The highest BCUT2D eigenvalue weighted by Crippen LogP contribution is 2.34. The number of aryl methyl sites for hydroxylation is 1. The van der Waals surface area contributed by atoms with Gasteiger partial charge in [0.15, 0.2) is 0 Å². The predicted octanol–water partition coefficient (Wildman–Crippen LogP) is 2.92. The van der Waals surface area contributed by atoms with E-state index in [1.165, 1.54) is 27.8 Å². The molecule has 0 spiro atoms. The van der Waals surface area contributed by atoms with Crippen LogP contribution in [0.5, 0.6) is 0 Å². The van der Waals surface area contributed by atoms with Gasteiger partial charge in [0.2, 0.25) is 0 Å². The number of morpholine rings is 1. The standard InChI is InChI=1S/C27H34N6O2/c1-18-14-29-26-22(18)13-21(15-30-26)20-11-19-3-5-33(27(34)32-8-6-31(2)7-9-32)16-24(19)23(12-20)25-17-35-10-4-28-25/h11-15,25,28H,3-10,16-17H2,1-2H3,(H,29,30)/t25-/m0/s1. The van der Waals surface area contributed by atoms with Crippen LogP contribution in [0.25, 0.3) is 22.2 Å². The molecule has 0 bridgehead atoms. The fraction of sp³-hybridized carbons (Fsp3) is 0.481. The molecule has 1 aromatic carbocycles. The van der Waals surface area contributed by atoms with Gasteiger partial charge in [0, 0.05) is 69.2 Å². The third-order valence-corrected chi connectivity index (χ3v) is 7.79. The van der Waals surface area contributed by atoms with Gasteiger partial charge in [0.05, 0.1) is 19.3 Å². The van der Waals surface area contributed by atoms with Crippen LogP contribution in [-0.2, 0) is 17.7 Å². The molecule has 3 aliphatic rings. The average Bonchev–Trinajstić information content (AvgIpc) is 3.28. The summed E-state index contributed by atoms with van der Waals surface area (Å²) in [6.07, 6.45) is 4.83. The number of piperazine rings is 1. The Morgan fingerprint density at radius 2 is 1.94 bits per heavy atom. The quantitative estimate of drug-likeness (QED) is 0.597. The summed E-state index contributed by atoms with van der Waals surface area (Å²) < 4.78 is 5.84. The number of hydrogen-bond acceptors (Lipinski definition) is 5. The van der Waals surface area contributed by atoms with E-state index in [2.05, 4.69) is 52.4 Å². The van der Waals surface area contributed by atoms with Gasteiger partial charge in [-0.3, -0.25) is 0 Å². The number of benzene rings is 1. The van der Waals surface area contributed by atoms with Crippen molar-refractivity contribution in [2.24, 2.45) is 0 Å². The molecule has 2 aromatic heterocycles. The number of aromatic amines is 1. The second-order valence-electron chi connectivity index (χ2n) is 10.1. The van der Waals surface area contributed by atoms with Crippen molar-refractivity contribution in [3.05, 3.63) is 52.8 Å². The normalized spacial score (nSPS) is 21.4. The van der Waals surface area contributed by atoms with Crippen LogP contribution in [0.2, 0.25) is 0 Å². The Balaban J connectivity index is 1.35. The topological polar surface area (TPSA) is 76.7 Å². The molecule has 35 heavy (non-hydrogen) atoms. The predicted molar refractivity (Wildman–Crippen MR) is 136 cm³/mol. The molecule has 3 aliphatic heterocycles. The van der Waals surface area contributed by atoms with Gasteiger partial charge >= 0.3 is 6.03 Å². The maximum absolute atomic E-state index is 13.4. The van der Waals surface area contributed by atoms with Crippen LogP contribution in [0.1, 0.15) is 28.3 Å². The molecule has 0 unspecified atom stereocenters. The molecule has 2 N–H and O–H groups in total. The van der Waals surface area contributed by atoms with Crippen LogP contribution < -0.4 is 5.32 Å². The SMILES string of the molecule is Cc1c[nH]c2ncc(-c3cc4c(c([C@@H]5COCCN5)c3)CN(C(=O)N3CCN(C)CC3)CC4)cc12. The highest BCUT2D eigenvalue weighted by Gasteiger charge is 2.30. The maximum atomic E-state index is 13.4. The minimum atomic E-state index is 0.127. The summed E-state index contributed by atoms with van der Waals surface area (Å²) in [6, 6.07) is 7.13. The zero-order chi connectivity index (χ0) is 23.9. The first-order valence-corrected chi connectivity index (χ1v) is 12.7. The summed E-state index contributed by atoms with van der Waals surface area (Å²) >= 11 is 0. The second kappa shape index (κ2) is 9.26. The Labute approximate surface area is 206 Å². The van der Waals surface area contributed by atoms with Crippen molar-refractivity contribution in [2.45, 2.75) is 25.9 Å². The lowest BCUT2D eigenvalue weighted by molar-refractivity contribution is 0.0761. The fourth-order valence-electron chi connectivity index (χ4n) is 5.59. The van der Waals surface area contributed by atoms with E-state index in [1.807, 2.05) is 22.2 Å². The molecule has 5 heterocycles. The van der Waals surface area contributed by atoms with Crippen molar-refractivity contribution >= 4 is 17.1 Å². The lowest BCUT2D eigenvalue weighted by Gasteiger charge is -2.39. The van der Waals surface area contributed by atoms with Crippen LogP contribution in [0.3, 0.4) is 0 Å². The zero-order valence-electron chi connectivity index (χ0n) is 20.6. The summed E-state index contributed by atoms with van der Waals surface area (Å²) in [5.74, 6) is 0. The Kier molecular flexibility index (Phi) is 5.96. The largest absolute Gasteiger partial charge is 0.378 e. The number of ether oxygens (including phenoxy) is 1. The first kappa shape index (κ1) is 22.5. The number of aromatic nitrogens is 2. The number of nitrogens with one attached hydrogen (secondary N) is 2. The van der Waals surface area contributed by atoms with E-state index >= 15 is 0 Å². The van der Waals surface area contributed by atoms with Crippen LogP contribution in [0.15, 0.2) is 30.6 Å². The van der Waals surface area contributed by atoms with E-state index in [1.54, 1.807) is 0 Å². The molecule has 6 rings (SSSR count). The van der Waals surface area contributed by atoms with Gasteiger partial charge in [-0.05, 0) is 60.3 Å². The van der Waals surface area contributed by atoms with Gasteiger partial charge in [0.1, 0.15) is 5.65 Å². The number of rotatable bonds is 2. The molecule has 2 amide bonds. The molecule has 3 aromatic rings. The molecule has 8 nitrogen and oxygen atoms in total. The Morgan fingerprint density at radius 3 is 2.74 bits per heavy atom. The van der Waals surface area contributed by atoms with Crippen molar-refractivity contribution < 1.29 is 9.53 Å². The highest BCUT2D eigenvalue weighted by atomic mass is 16.5. The van der Waals surface area contributed by atoms with Gasteiger partial charge in [0.25, 0.3) is 0 Å². The number of H-pyrrole nitrogens is 1. The molecular weight excluding hydrogens is 440 g/mol. The third-order valence-electron chi connectivity index (χ3n) is 7.79. The Bertz CT molecular complexity index is 1240. The number of fused-ring (bicyclic) bond motifs is 2. The summed E-state index contributed by atoms with van der Waals surface area (Å²) in [7, 11) is 2.12. The monoisotopic (exact) mass is 474 g/mol. The molecule has 0 radical (unpaired) electrons. The summed E-state index contributed by atoms with van der Waals surface area (Å²) in [6.45, 7) is 9.22. The molecule has 2 saturated heterocycles. The highest BCUT2D eigenvalue weighted by molar-refractivity contribution is 5.84. The Hall–Kier alpha value is -2.94. The lowest BCUT2D eigenvalue weighted by atomic mass is 9.87. The van der Waals surface area contributed by atoms with Crippen molar-refractivity contribution in [1.82, 2.24) is 30.0 Å². The fourth-order valence-corrected chi connectivity index (χ4v) is 5.59. The minimum Gasteiger partial charge on any atom is -0.378 e. The average molecular weight is 475 g/mol. The zero-order valence-corrected chi connectivity index (χ0v) is 20.6. The molecule has 2 fully saturated rings. The minimum absolute atomic E-state index is 0.127. The number of likely N-dealkylation sites (N-methyl/N-ethyl adjacent to an activating group) is 1. The molecule has 8 heteroatoms. The second-order valence-corrected chi connectivity index (χ2v) is 10.1. The van der Waals surface area contributed by atoms with Crippen LogP contribution in [0, 0.1) is 6.92 Å². The molecule has 184 valence electrons. The number of hydrogen-bond donors (Lipinski definition) is 2. The summed E-state index contributed by atoms with van der Waals surface area (Å²) in [5.41, 5.74) is 8.28. The number of pyridine rings is 1. The van der Waals surface area contributed by atoms with Crippen molar-refractivity contribution in [1.29, 1.82) is 0 Å². The van der Waals surface area contributed by atoms with Gasteiger partial charge in [-0.15, -0.1) is 0 Å². The van der Waals surface area contributed by atoms with E-state index in [0.717, 1.165) is 68.9 Å². The van der Waals surface area contributed by atoms with Crippen LogP contribution in [-0.4, -0.2) is 90.2 Å². The van der Waals surface area contributed by atoms with Crippen molar-refractivity contribution in [3.8, 4) is 11.1 Å². The van der Waals surface area contributed by atoms with Gasteiger partial charge < -0.3 is 29.7 Å². The van der Waals surface area contributed by atoms with E-state index < -0.39 is 0 Å².